The SMILES string of the molecule is O=C(c1ccccc1Br)N(c1ccccc1)S(=O)(=O)c1ccccc1. The molecular formula is C19H14BrNO3S. The zero-order chi connectivity index (χ0) is 17.9. The van der Waals surface area contributed by atoms with Crippen molar-refractivity contribution in [1.29, 1.82) is 0 Å². The molecule has 6 heteroatoms. The van der Waals surface area contributed by atoms with Crippen molar-refractivity contribution < 1.29 is 13.2 Å². The van der Waals surface area contributed by atoms with Crippen molar-refractivity contribution in [2.24, 2.45) is 0 Å². The Hall–Kier alpha value is -2.44. The summed E-state index contributed by atoms with van der Waals surface area (Å²) in [4.78, 5) is 13.2. The van der Waals surface area contributed by atoms with E-state index in [0.29, 0.717) is 4.47 Å². The molecule has 4 nitrogen and oxygen atoms in total. The normalized spacial score (nSPS) is 11.1. The zero-order valence-corrected chi connectivity index (χ0v) is 15.4. The summed E-state index contributed by atoms with van der Waals surface area (Å²) in [6.07, 6.45) is 0. The molecule has 3 aromatic carbocycles. The highest BCUT2D eigenvalue weighted by atomic mass is 79.9. The van der Waals surface area contributed by atoms with Gasteiger partial charge in [0.1, 0.15) is 0 Å². The van der Waals surface area contributed by atoms with Gasteiger partial charge in [0.25, 0.3) is 15.9 Å². The number of nitrogens with zero attached hydrogens (tertiary/aromatic N) is 1. The standard InChI is InChI=1S/C19H14BrNO3S/c20-18-14-8-7-13-17(18)19(22)21(15-9-3-1-4-10-15)25(23,24)16-11-5-2-6-12-16/h1-14H. The molecule has 0 unspecified atom stereocenters. The molecule has 3 aromatic rings. The third-order valence-electron chi connectivity index (χ3n) is 3.56. The van der Waals surface area contributed by atoms with Crippen molar-refractivity contribution in [3.05, 3.63) is 95.0 Å². The van der Waals surface area contributed by atoms with Gasteiger partial charge in [-0.25, -0.2) is 8.42 Å². The van der Waals surface area contributed by atoms with Crippen LogP contribution in [0.4, 0.5) is 5.69 Å². The van der Waals surface area contributed by atoms with E-state index in [1.165, 1.54) is 12.1 Å². The van der Waals surface area contributed by atoms with Gasteiger partial charge in [0.15, 0.2) is 0 Å². The second-order valence-electron chi connectivity index (χ2n) is 5.20. The molecule has 0 radical (unpaired) electrons. The first kappa shape index (κ1) is 17.4. The fraction of sp³-hybridized carbons (Fsp3) is 0. The second-order valence-corrected chi connectivity index (χ2v) is 7.84. The van der Waals surface area contributed by atoms with Crippen molar-refractivity contribution in [3.8, 4) is 0 Å². The van der Waals surface area contributed by atoms with Gasteiger partial charge < -0.3 is 0 Å². The van der Waals surface area contributed by atoms with E-state index >= 15 is 0 Å². The minimum Gasteiger partial charge on any atom is -0.268 e. The molecule has 0 spiro atoms. The van der Waals surface area contributed by atoms with Crippen LogP contribution in [-0.4, -0.2) is 14.3 Å². The van der Waals surface area contributed by atoms with Gasteiger partial charge in [-0.1, -0.05) is 48.5 Å². The average molecular weight is 416 g/mol. The molecule has 0 N–H and O–H groups in total. The Labute approximate surface area is 154 Å². The van der Waals surface area contributed by atoms with Crippen LogP contribution in [0.5, 0.6) is 0 Å². The smallest absolute Gasteiger partial charge is 0.268 e. The molecule has 0 aromatic heterocycles. The molecule has 0 aliphatic heterocycles. The monoisotopic (exact) mass is 415 g/mol. The maximum absolute atomic E-state index is 13.1. The Balaban J connectivity index is 2.18. The molecule has 0 bridgehead atoms. The fourth-order valence-electron chi connectivity index (χ4n) is 2.37. The van der Waals surface area contributed by atoms with E-state index in [-0.39, 0.29) is 16.1 Å². The Morgan fingerprint density at radius 1 is 0.760 bits per heavy atom. The van der Waals surface area contributed by atoms with E-state index in [0.717, 1.165) is 4.31 Å². The first-order chi connectivity index (χ1) is 12.0. The summed E-state index contributed by atoms with van der Waals surface area (Å²) in [6.45, 7) is 0. The van der Waals surface area contributed by atoms with E-state index in [4.69, 9.17) is 0 Å². The van der Waals surface area contributed by atoms with Crippen molar-refractivity contribution in [2.75, 3.05) is 4.31 Å². The van der Waals surface area contributed by atoms with E-state index in [9.17, 15) is 13.2 Å². The predicted octanol–water partition coefficient (Wildman–Crippen LogP) is 4.48. The van der Waals surface area contributed by atoms with Gasteiger partial charge in [0, 0.05) is 4.47 Å². The second kappa shape index (κ2) is 7.21. The Morgan fingerprint density at radius 3 is 1.88 bits per heavy atom. The van der Waals surface area contributed by atoms with Crippen LogP contribution in [-0.2, 0) is 10.0 Å². The van der Waals surface area contributed by atoms with Crippen molar-refractivity contribution in [1.82, 2.24) is 0 Å². The van der Waals surface area contributed by atoms with Gasteiger partial charge in [-0.2, -0.15) is 4.31 Å². The van der Waals surface area contributed by atoms with Crippen molar-refractivity contribution >= 4 is 37.5 Å². The zero-order valence-electron chi connectivity index (χ0n) is 13.0. The first-order valence-corrected chi connectivity index (χ1v) is 9.69. The number of rotatable bonds is 4. The van der Waals surface area contributed by atoms with Crippen molar-refractivity contribution in [3.63, 3.8) is 0 Å². The number of carbonyl (C=O) groups excluding carboxylic acids is 1. The largest absolute Gasteiger partial charge is 0.273 e. The van der Waals surface area contributed by atoms with Crippen LogP contribution in [0.3, 0.4) is 0 Å². The van der Waals surface area contributed by atoms with Gasteiger partial charge in [0.05, 0.1) is 16.1 Å². The minimum absolute atomic E-state index is 0.0549. The topological polar surface area (TPSA) is 54.5 Å². The Kier molecular flexibility index (Phi) is 5.01. The number of carbonyl (C=O) groups is 1. The lowest BCUT2D eigenvalue weighted by Gasteiger charge is -2.23. The van der Waals surface area contributed by atoms with Crippen LogP contribution in [0.25, 0.3) is 0 Å². The molecule has 25 heavy (non-hydrogen) atoms. The molecule has 0 atom stereocenters. The maximum Gasteiger partial charge on any atom is 0.273 e. The quantitative estimate of drug-likeness (QED) is 0.630. The van der Waals surface area contributed by atoms with Crippen molar-refractivity contribution in [2.45, 2.75) is 4.90 Å². The van der Waals surface area contributed by atoms with Gasteiger partial charge in [-0.15, -0.1) is 0 Å². The highest BCUT2D eigenvalue weighted by Crippen LogP contribution is 2.28. The lowest BCUT2D eigenvalue weighted by molar-refractivity contribution is 0.100. The molecule has 1 amide bonds. The summed E-state index contributed by atoms with van der Waals surface area (Å²) >= 11 is 3.32. The number of halogens is 1. The number of para-hydroxylation sites is 1. The van der Waals surface area contributed by atoms with Crippen LogP contribution in [0.1, 0.15) is 10.4 Å². The summed E-state index contributed by atoms with van der Waals surface area (Å²) in [7, 11) is -4.06. The molecule has 3 rings (SSSR count). The molecule has 0 fully saturated rings. The average Bonchev–Trinajstić information content (AvgIpc) is 2.63. The number of amides is 1. The first-order valence-electron chi connectivity index (χ1n) is 7.46. The summed E-state index contributed by atoms with van der Waals surface area (Å²) in [6, 6.07) is 23.0. The summed E-state index contributed by atoms with van der Waals surface area (Å²) in [5, 5.41) is 0. The Bertz CT molecular complexity index is 989. The highest BCUT2D eigenvalue weighted by Gasteiger charge is 2.32. The van der Waals surface area contributed by atoms with E-state index in [1.807, 2.05) is 0 Å². The minimum atomic E-state index is -4.06. The molecular weight excluding hydrogens is 402 g/mol. The molecule has 0 saturated carbocycles. The van der Waals surface area contributed by atoms with Crippen LogP contribution in [0.15, 0.2) is 94.3 Å². The predicted molar refractivity (Wildman–Crippen MR) is 101 cm³/mol. The van der Waals surface area contributed by atoms with Crippen LogP contribution in [0, 0.1) is 0 Å². The number of hydrogen-bond acceptors (Lipinski definition) is 3. The molecule has 0 heterocycles. The summed E-state index contributed by atoms with van der Waals surface area (Å²) in [5.74, 6) is -0.623. The third kappa shape index (κ3) is 3.50. The summed E-state index contributed by atoms with van der Waals surface area (Å²) in [5.41, 5.74) is 0.554. The van der Waals surface area contributed by atoms with E-state index in [2.05, 4.69) is 15.9 Å². The van der Waals surface area contributed by atoms with Gasteiger partial charge in [-0.05, 0) is 52.3 Å². The molecule has 126 valence electrons. The molecule has 0 aliphatic carbocycles. The number of sulfonamides is 1. The van der Waals surface area contributed by atoms with E-state index < -0.39 is 15.9 Å². The number of hydrogen-bond donors (Lipinski definition) is 0. The van der Waals surface area contributed by atoms with Gasteiger partial charge in [-0.3, -0.25) is 4.79 Å². The van der Waals surface area contributed by atoms with Gasteiger partial charge >= 0.3 is 0 Å². The van der Waals surface area contributed by atoms with Crippen LogP contribution >= 0.6 is 15.9 Å². The highest BCUT2D eigenvalue weighted by molar-refractivity contribution is 9.10. The van der Waals surface area contributed by atoms with Gasteiger partial charge in [0.2, 0.25) is 0 Å². The third-order valence-corrected chi connectivity index (χ3v) is 5.98. The van der Waals surface area contributed by atoms with Crippen LogP contribution in [0.2, 0.25) is 0 Å². The molecule has 0 saturated heterocycles. The lowest BCUT2D eigenvalue weighted by atomic mass is 10.2. The lowest BCUT2D eigenvalue weighted by Crippen LogP contribution is -2.37. The number of anilines is 1. The Morgan fingerprint density at radius 2 is 1.28 bits per heavy atom. The maximum atomic E-state index is 13.1. The van der Waals surface area contributed by atoms with E-state index in [1.54, 1.807) is 72.8 Å². The number of benzene rings is 3. The fourth-order valence-corrected chi connectivity index (χ4v) is 4.25. The summed E-state index contributed by atoms with van der Waals surface area (Å²) < 4.78 is 27.7. The van der Waals surface area contributed by atoms with Crippen LogP contribution < -0.4 is 4.31 Å². The molecule has 0 aliphatic rings.